The molecule has 0 aromatic heterocycles. The van der Waals surface area contributed by atoms with Crippen LogP contribution in [0.3, 0.4) is 0 Å². The number of benzene rings is 1. The maximum Gasteiger partial charge on any atom is 0.338 e. The van der Waals surface area contributed by atoms with Crippen molar-refractivity contribution in [1.82, 2.24) is 0 Å². The molecular weight excluding hydrogens is 336 g/mol. The molecule has 0 amide bonds. The van der Waals surface area contributed by atoms with Crippen LogP contribution in [0.4, 0.5) is 0 Å². The summed E-state index contributed by atoms with van der Waals surface area (Å²) in [5.74, 6) is -1.60. The van der Waals surface area contributed by atoms with Crippen molar-refractivity contribution in [2.24, 2.45) is 0 Å². The molecule has 146 valence electrons. The summed E-state index contributed by atoms with van der Waals surface area (Å²) in [5, 5.41) is 19.6. The molecule has 0 spiro atoms. The van der Waals surface area contributed by atoms with E-state index in [0.717, 1.165) is 11.1 Å². The second-order valence-electron chi connectivity index (χ2n) is 6.43. The van der Waals surface area contributed by atoms with Crippen LogP contribution in [0, 0.1) is 0 Å². The van der Waals surface area contributed by atoms with Crippen LogP contribution >= 0.6 is 0 Å². The lowest BCUT2D eigenvalue weighted by Crippen LogP contribution is -2.40. The number of carboxylic acids is 1. The lowest BCUT2D eigenvalue weighted by Gasteiger charge is -2.27. The average Bonchev–Trinajstić information content (AvgIpc) is 2.66. The van der Waals surface area contributed by atoms with Gasteiger partial charge in [0.05, 0.1) is 6.61 Å². The Labute approximate surface area is 155 Å². The standard InChI is InChI=1S/C20H30O6/c1-5-19(24,6-2)18(23)25-13-15-10-9-11-16(12-15)14-26-20(7-3,8-4)17(21)22/h9-12,24H,5-8,13-14H2,1-4H3,(H,21,22). The van der Waals surface area contributed by atoms with E-state index in [1.807, 2.05) is 12.1 Å². The molecule has 6 nitrogen and oxygen atoms in total. The minimum Gasteiger partial charge on any atom is -0.479 e. The number of rotatable bonds is 11. The highest BCUT2D eigenvalue weighted by molar-refractivity contribution is 5.79. The highest BCUT2D eigenvalue weighted by Gasteiger charge is 2.36. The molecule has 0 heterocycles. The van der Waals surface area contributed by atoms with Gasteiger partial charge in [0.1, 0.15) is 6.61 Å². The van der Waals surface area contributed by atoms with Crippen molar-refractivity contribution in [2.45, 2.75) is 77.8 Å². The summed E-state index contributed by atoms with van der Waals surface area (Å²) in [7, 11) is 0. The molecule has 0 saturated heterocycles. The van der Waals surface area contributed by atoms with E-state index in [9.17, 15) is 19.8 Å². The number of carbonyl (C=O) groups is 2. The third-order valence-electron chi connectivity index (χ3n) is 4.96. The van der Waals surface area contributed by atoms with Gasteiger partial charge in [-0.05, 0) is 36.8 Å². The highest BCUT2D eigenvalue weighted by atomic mass is 16.5. The van der Waals surface area contributed by atoms with Gasteiger partial charge in [0.15, 0.2) is 11.2 Å². The van der Waals surface area contributed by atoms with Crippen LogP contribution < -0.4 is 0 Å². The molecule has 0 saturated carbocycles. The van der Waals surface area contributed by atoms with E-state index in [1.54, 1.807) is 39.8 Å². The van der Waals surface area contributed by atoms with Crippen molar-refractivity contribution in [3.63, 3.8) is 0 Å². The molecule has 2 N–H and O–H groups in total. The fourth-order valence-corrected chi connectivity index (χ4v) is 2.67. The van der Waals surface area contributed by atoms with Crippen molar-refractivity contribution in [2.75, 3.05) is 0 Å². The number of hydrogen-bond acceptors (Lipinski definition) is 5. The molecule has 0 atom stereocenters. The fourth-order valence-electron chi connectivity index (χ4n) is 2.67. The minimum absolute atomic E-state index is 0.0423. The van der Waals surface area contributed by atoms with E-state index in [-0.39, 0.29) is 13.2 Å². The van der Waals surface area contributed by atoms with Gasteiger partial charge in [-0.25, -0.2) is 9.59 Å². The van der Waals surface area contributed by atoms with Gasteiger partial charge in [0.25, 0.3) is 0 Å². The van der Waals surface area contributed by atoms with Gasteiger partial charge in [-0.15, -0.1) is 0 Å². The first-order valence-electron chi connectivity index (χ1n) is 9.11. The summed E-state index contributed by atoms with van der Waals surface area (Å²) in [6, 6.07) is 7.24. The third kappa shape index (κ3) is 5.29. The molecule has 0 bridgehead atoms. The summed E-state index contributed by atoms with van der Waals surface area (Å²) in [6.45, 7) is 7.24. The number of ether oxygens (including phenoxy) is 2. The minimum atomic E-state index is -1.45. The van der Waals surface area contributed by atoms with Gasteiger partial charge in [0.2, 0.25) is 0 Å². The van der Waals surface area contributed by atoms with Crippen LogP contribution in [0.1, 0.15) is 64.5 Å². The Morgan fingerprint density at radius 2 is 1.50 bits per heavy atom. The van der Waals surface area contributed by atoms with Crippen LogP contribution in [-0.2, 0) is 32.3 Å². The van der Waals surface area contributed by atoms with Gasteiger partial charge < -0.3 is 19.7 Å². The highest BCUT2D eigenvalue weighted by Crippen LogP contribution is 2.23. The molecule has 6 heteroatoms. The maximum atomic E-state index is 12.0. The third-order valence-corrected chi connectivity index (χ3v) is 4.96. The number of aliphatic hydroxyl groups is 1. The van der Waals surface area contributed by atoms with Crippen molar-refractivity contribution >= 4 is 11.9 Å². The predicted octanol–water partition coefficient (Wildman–Crippen LogP) is 3.44. The molecule has 0 unspecified atom stereocenters. The Morgan fingerprint density at radius 1 is 0.962 bits per heavy atom. The summed E-state index contributed by atoms with van der Waals surface area (Å²) in [4.78, 5) is 23.5. The largest absolute Gasteiger partial charge is 0.479 e. The number of carbonyl (C=O) groups excluding carboxylic acids is 1. The van der Waals surface area contributed by atoms with Crippen LogP contribution in [0.15, 0.2) is 24.3 Å². The van der Waals surface area contributed by atoms with E-state index in [0.29, 0.717) is 25.7 Å². The number of esters is 1. The Hall–Kier alpha value is -1.92. The zero-order valence-electron chi connectivity index (χ0n) is 16.1. The van der Waals surface area contributed by atoms with E-state index in [2.05, 4.69) is 0 Å². The first-order valence-corrected chi connectivity index (χ1v) is 9.11. The molecule has 1 aromatic rings. The SMILES string of the molecule is CCC(O)(CC)C(=O)OCc1cccc(COC(CC)(CC)C(=O)O)c1. The second-order valence-corrected chi connectivity index (χ2v) is 6.43. The van der Waals surface area contributed by atoms with Crippen LogP contribution in [-0.4, -0.2) is 33.4 Å². The van der Waals surface area contributed by atoms with Gasteiger partial charge in [0, 0.05) is 0 Å². The molecule has 0 aliphatic rings. The zero-order chi connectivity index (χ0) is 19.8. The molecule has 1 rings (SSSR count). The first kappa shape index (κ1) is 22.1. The zero-order valence-corrected chi connectivity index (χ0v) is 16.1. The average molecular weight is 366 g/mol. The van der Waals surface area contributed by atoms with Crippen molar-refractivity contribution in [3.8, 4) is 0 Å². The summed E-state index contributed by atoms with van der Waals surface area (Å²) in [5.41, 5.74) is -1.10. The van der Waals surface area contributed by atoms with E-state index >= 15 is 0 Å². The van der Waals surface area contributed by atoms with E-state index in [1.165, 1.54) is 0 Å². The molecule has 0 fully saturated rings. The number of carboxylic acid groups (broad SMARTS) is 1. The smallest absolute Gasteiger partial charge is 0.338 e. The van der Waals surface area contributed by atoms with Crippen LogP contribution in [0.5, 0.6) is 0 Å². The molecule has 1 aromatic carbocycles. The van der Waals surface area contributed by atoms with Gasteiger partial charge in [-0.3, -0.25) is 0 Å². The van der Waals surface area contributed by atoms with Gasteiger partial charge in [-0.2, -0.15) is 0 Å². The Morgan fingerprint density at radius 3 is 1.96 bits per heavy atom. The topological polar surface area (TPSA) is 93.1 Å². The van der Waals surface area contributed by atoms with Gasteiger partial charge in [-0.1, -0.05) is 52.0 Å². The molecule has 0 radical (unpaired) electrons. The fraction of sp³-hybridized carbons (Fsp3) is 0.600. The second kappa shape index (κ2) is 9.69. The monoisotopic (exact) mass is 366 g/mol. The van der Waals surface area contributed by atoms with Gasteiger partial charge >= 0.3 is 11.9 Å². The summed E-state index contributed by atoms with van der Waals surface area (Å²) >= 11 is 0. The summed E-state index contributed by atoms with van der Waals surface area (Å²) < 4.78 is 10.9. The molecule has 26 heavy (non-hydrogen) atoms. The van der Waals surface area contributed by atoms with E-state index in [4.69, 9.17) is 9.47 Å². The molecule has 0 aliphatic heterocycles. The van der Waals surface area contributed by atoms with Crippen molar-refractivity contribution < 1.29 is 29.3 Å². The van der Waals surface area contributed by atoms with Crippen LogP contribution in [0.25, 0.3) is 0 Å². The lowest BCUT2D eigenvalue weighted by atomic mass is 9.97. The first-order chi connectivity index (χ1) is 12.3. The summed E-state index contributed by atoms with van der Waals surface area (Å²) in [6.07, 6.45) is 1.34. The molecular formula is C20H30O6. The normalized spacial score (nSPS) is 12.0. The van der Waals surface area contributed by atoms with Crippen molar-refractivity contribution in [3.05, 3.63) is 35.4 Å². The van der Waals surface area contributed by atoms with E-state index < -0.39 is 23.1 Å². The quantitative estimate of drug-likeness (QED) is 0.583. The van der Waals surface area contributed by atoms with Crippen LogP contribution in [0.2, 0.25) is 0 Å². The lowest BCUT2D eigenvalue weighted by molar-refractivity contribution is -0.169. The Kier molecular flexibility index (Phi) is 8.24. The van der Waals surface area contributed by atoms with Crippen molar-refractivity contribution in [1.29, 1.82) is 0 Å². The molecule has 0 aliphatic carbocycles. The number of hydrogen-bond donors (Lipinski definition) is 2. The maximum absolute atomic E-state index is 12.0. The Balaban J connectivity index is 2.74. The number of aliphatic carboxylic acids is 1. The predicted molar refractivity (Wildman–Crippen MR) is 97.5 cm³/mol. The Bertz CT molecular complexity index is 602.